The number of carbonyl (C=O) groups is 2. The zero-order chi connectivity index (χ0) is 27.8. The minimum Gasteiger partial charge on any atom is -0.507 e. The van der Waals surface area contributed by atoms with Crippen LogP contribution in [0, 0.1) is 19.8 Å². The van der Waals surface area contributed by atoms with Crippen molar-refractivity contribution in [1.29, 1.82) is 0 Å². The van der Waals surface area contributed by atoms with Gasteiger partial charge in [-0.1, -0.05) is 6.92 Å². The number of nitrogens with two attached hydrogens (primary N) is 1. The van der Waals surface area contributed by atoms with E-state index in [9.17, 15) is 24.3 Å². The molecule has 1 heterocycles. The van der Waals surface area contributed by atoms with Crippen LogP contribution in [0.15, 0.2) is 44.4 Å². The summed E-state index contributed by atoms with van der Waals surface area (Å²) in [4.78, 5) is 52.4. The van der Waals surface area contributed by atoms with E-state index in [1.807, 2.05) is 6.92 Å². The average Bonchev–Trinajstić information content (AvgIpc) is 2.85. The fraction of sp³-hybridized carbons (Fsp3) is 0.346. The van der Waals surface area contributed by atoms with Crippen molar-refractivity contribution in [1.82, 2.24) is 14.8 Å². The highest BCUT2D eigenvalue weighted by molar-refractivity contribution is 9.10. The number of rotatable bonds is 6. The fourth-order valence-corrected chi connectivity index (χ4v) is 4.80. The molecule has 4 rings (SSSR count). The lowest BCUT2D eigenvalue weighted by atomic mass is 9.79. The van der Waals surface area contributed by atoms with Gasteiger partial charge in [0.1, 0.15) is 17.2 Å². The first-order chi connectivity index (χ1) is 17.9. The summed E-state index contributed by atoms with van der Waals surface area (Å²) >= 11 is 3.25. The molecule has 1 fully saturated rings. The van der Waals surface area contributed by atoms with E-state index in [0.29, 0.717) is 45.9 Å². The molecule has 1 aliphatic carbocycles. The number of nitrogens with one attached hydrogen (secondary N) is 1. The molecule has 0 saturated heterocycles. The highest BCUT2D eigenvalue weighted by Gasteiger charge is 2.44. The SMILES string of the molecule is Cc1cc(-n2nc(C(=O)OC3(C(N)=O)CCC(C)CC3)c(=O)[nH]c2=O)cc(C)c1Oc1ccc(O)c(Br)c1. The first-order valence-electron chi connectivity index (χ1n) is 11.9. The van der Waals surface area contributed by atoms with E-state index in [1.165, 1.54) is 6.07 Å². The van der Waals surface area contributed by atoms with Crippen LogP contribution in [-0.4, -0.2) is 37.3 Å². The first kappa shape index (κ1) is 27.1. The number of aromatic hydroxyl groups is 1. The number of hydrogen-bond donors (Lipinski definition) is 3. The summed E-state index contributed by atoms with van der Waals surface area (Å²) in [6, 6.07) is 7.91. The molecule has 0 spiro atoms. The van der Waals surface area contributed by atoms with Crippen LogP contribution in [0.3, 0.4) is 0 Å². The molecule has 0 unspecified atom stereocenters. The smallest absolute Gasteiger partial charge is 0.365 e. The third-order valence-electron chi connectivity index (χ3n) is 6.67. The lowest BCUT2D eigenvalue weighted by Crippen LogP contribution is -2.50. The van der Waals surface area contributed by atoms with Crippen LogP contribution in [0.5, 0.6) is 17.2 Å². The summed E-state index contributed by atoms with van der Waals surface area (Å²) in [5, 5.41) is 13.7. The molecule has 12 heteroatoms. The van der Waals surface area contributed by atoms with Gasteiger partial charge < -0.3 is 20.3 Å². The third kappa shape index (κ3) is 5.35. The molecule has 1 saturated carbocycles. The molecule has 1 aromatic heterocycles. The van der Waals surface area contributed by atoms with Gasteiger partial charge in [0.25, 0.3) is 11.5 Å². The second kappa shape index (κ2) is 10.4. The van der Waals surface area contributed by atoms with Crippen molar-refractivity contribution in [2.45, 2.75) is 52.1 Å². The number of phenolic OH excluding ortho intramolecular Hbond substituents is 1. The number of esters is 1. The number of hydrogen-bond acceptors (Lipinski definition) is 8. The van der Waals surface area contributed by atoms with Gasteiger partial charge in [0, 0.05) is 0 Å². The van der Waals surface area contributed by atoms with Gasteiger partial charge in [-0.3, -0.25) is 14.6 Å². The van der Waals surface area contributed by atoms with Crippen molar-refractivity contribution in [3.63, 3.8) is 0 Å². The molecule has 0 atom stereocenters. The fourth-order valence-electron chi connectivity index (χ4n) is 4.44. The standard InChI is InChI=1S/C26H27BrN4O7/c1-13-6-8-26(9-7-13,24(28)35)38-23(34)20-22(33)29-25(36)31(30-20)16-10-14(2)21(15(3)11-16)37-17-4-5-19(32)18(27)12-17/h4-5,10-13,32H,6-9H2,1-3H3,(H2,28,35)(H,29,33,36). The topological polar surface area (TPSA) is 167 Å². The van der Waals surface area contributed by atoms with Crippen molar-refractivity contribution < 1.29 is 24.2 Å². The Kier molecular flexibility index (Phi) is 7.45. The van der Waals surface area contributed by atoms with Crippen LogP contribution in [0.25, 0.3) is 5.69 Å². The Morgan fingerprint density at radius 2 is 1.79 bits per heavy atom. The van der Waals surface area contributed by atoms with Gasteiger partial charge in [0.15, 0.2) is 5.60 Å². The number of nitrogens with zero attached hydrogens (tertiary/aromatic N) is 2. The number of aromatic nitrogens is 3. The summed E-state index contributed by atoms with van der Waals surface area (Å²) in [6.45, 7) is 5.54. The van der Waals surface area contributed by atoms with Crippen LogP contribution < -0.4 is 21.7 Å². The molecule has 0 bridgehead atoms. The Balaban J connectivity index is 1.67. The van der Waals surface area contributed by atoms with Gasteiger partial charge in [-0.2, -0.15) is 9.78 Å². The van der Waals surface area contributed by atoms with E-state index >= 15 is 0 Å². The van der Waals surface area contributed by atoms with Crippen molar-refractivity contribution >= 4 is 27.8 Å². The van der Waals surface area contributed by atoms with Crippen LogP contribution in [0.4, 0.5) is 0 Å². The van der Waals surface area contributed by atoms with Crippen LogP contribution in [-0.2, 0) is 9.53 Å². The maximum Gasteiger partial charge on any atom is 0.365 e. The van der Waals surface area contributed by atoms with Crippen LogP contribution in [0.1, 0.15) is 54.2 Å². The molecule has 3 aromatic rings. The van der Waals surface area contributed by atoms with Crippen molar-refractivity contribution in [3.8, 4) is 22.9 Å². The zero-order valence-corrected chi connectivity index (χ0v) is 22.6. The Hall–Kier alpha value is -3.93. The number of aryl methyl sites for hydroxylation is 2. The minimum absolute atomic E-state index is 0.0683. The molecule has 38 heavy (non-hydrogen) atoms. The molecule has 4 N–H and O–H groups in total. The van der Waals surface area contributed by atoms with E-state index in [2.05, 4.69) is 26.0 Å². The van der Waals surface area contributed by atoms with Gasteiger partial charge in [-0.05, 0) is 103 Å². The molecule has 2 aromatic carbocycles. The number of primary amides is 1. The lowest BCUT2D eigenvalue weighted by Gasteiger charge is -2.35. The Morgan fingerprint density at radius 3 is 2.37 bits per heavy atom. The summed E-state index contributed by atoms with van der Waals surface area (Å²) in [5.74, 6) is -0.529. The number of halogens is 1. The predicted molar refractivity (Wildman–Crippen MR) is 141 cm³/mol. The van der Waals surface area contributed by atoms with Gasteiger partial charge in [-0.15, -0.1) is 0 Å². The summed E-state index contributed by atoms with van der Waals surface area (Å²) in [6.07, 6.45) is 1.75. The van der Waals surface area contributed by atoms with Gasteiger partial charge in [0.05, 0.1) is 10.2 Å². The second-order valence-corrected chi connectivity index (χ2v) is 10.4. The van der Waals surface area contributed by atoms with Gasteiger partial charge in [-0.25, -0.2) is 9.59 Å². The normalized spacial score (nSPS) is 19.1. The van der Waals surface area contributed by atoms with Crippen molar-refractivity contribution in [2.75, 3.05) is 0 Å². The van der Waals surface area contributed by atoms with Gasteiger partial charge in [0.2, 0.25) is 5.69 Å². The Bertz CT molecular complexity index is 1510. The monoisotopic (exact) mass is 586 g/mol. The first-order valence-corrected chi connectivity index (χ1v) is 12.7. The lowest BCUT2D eigenvalue weighted by molar-refractivity contribution is -0.141. The summed E-state index contributed by atoms with van der Waals surface area (Å²) in [5.41, 5.74) is 3.01. The highest BCUT2D eigenvalue weighted by atomic mass is 79.9. The Morgan fingerprint density at radius 1 is 1.16 bits per heavy atom. The number of carbonyl (C=O) groups excluding carboxylic acids is 2. The molecular weight excluding hydrogens is 560 g/mol. The maximum absolute atomic E-state index is 13.0. The van der Waals surface area contributed by atoms with E-state index < -0.39 is 34.4 Å². The maximum atomic E-state index is 13.0. The van der Waals surface area contributed by atoms with E-state index in [0.717, 1.165) is 4.68 Å². The van der Waals surface area contributed by atoms with E-state index in [-0.39, 0.29) is 24.3 Å². The molecule has 1 amide bonds. The zero-order valence-electron chi connectivity index (χ0n) is 21.0. The summed E-state index contributed by atoms with van der Waals surface area (Å²) in [7, 11) is 0. The Labute approximate surface area is 225 Å². The quantitative estimate of drug-likeness (QED) is 0.369. The van der Waals surface area contributed by atoms with Crippen LogP contribution in [0.2, 0.25) is 0 Å². The number of benzene rings is 2. The second-order valence-electron chi connectivity index (χ2n) is 9.57. The summed E-state index contributed by atoms with van der Waals surface area (Å²) < 4.78 is 12.8. The van der Waals surface area contributed by atoms with Crippen molar-refractivity contribution in [3.05, 3.63) is 72.5 Å². The molecule has 1 aliphatic rings. The average molecular weight is 587 g/mol. The molecule has 11 nitrogen and oxygen atoms in total. The number of ether oxygens (including phenoxy) is 2. The number of amides is 1. The minimum atomic E-state index is -1.53. The third-order valence-corrected chi connectivity index (χ3v) is 7.30. The van der Waals surface area contributed by atoms with E-state index in [1.54, 1.807) is 38.1 Å². The number of aromatic amines is 1. The van der Waals surface area contributed by atoms with Crippen LogP contribution >= 0.6 is 15.9 Å². The van der Waals surface area contributed by atoms with E-state index in [4.69, 9.17) is 15.2 Å². The molecular formula is C26H27BrN4O7. The number of phenols is 1. The number of H-pyrrole nitrogens is 1. The molecule has 0 radical (unpaired) electrons. The van der Waals surface area contributed by atoms with Crippen molar-refractivity contribution in [2.24, 2.45) is 11.7 Å². The molecule has 0 aliphatic heterocycles. The molecule has 200 valence electrons. The predicted octanol–water partition coefficient (Wildman–Crippen LogP) is 3.39. The van der Waals surface area contributed by atoms with Gasteiger partial charge >= 0.3 is 11.7 Å². The largest absolute Gasteiger partial charge is 0.507 e. The highest BCUT2D eigenvalue weighted by Crippen LogP contribution is 2.36.